The maximum Gasteiger partial charge on any atom is 0.0835 e. The molecule has 1 nitrogen and oxygen atoms in total. The standard InChI is InChI=1S/C15H13ClO/c16-15(11-4-2-1-3-5-11)12-6-7-13-9-17-10-14(13)8-12/h1-8,15H,9-10H2. The molecule has 1 heterocycles. The van der Waals surface area contributed by atoms with E-state index in [0.29, 0.717) is 6.61 Å². The van der Waals surface area contributed by atoms with Crippen LogP contribution in [0, 0.1) is 0 Å². The van der Waals surface area contributed by atoms with Gasteiger partial charge in [0.1, 0.15) is 0 Å². The number of halogens is 1. The van der Waals surface area contributed by atoms with Gasteiger partial charge in [-0.3, -0.25) is 0 Å². The van der Waals surface area contributed by atoms with Crippen molar-refractivity contribution in [3.05, 3.63) is 70.8 Å². The van der Waals surface area contributed by atoms with Crippen LogP contribution in [-0.2, 0) is 18.0 Å². The van der Waals surface area contributed by atoms with E-state index in [1.807, 2.05) is 18.2 Å². The lowest BCUT2D eigenvalue weighted by atomic mass is 10.0. The molecule has 0 bridgehead atoms. The summed E-state index contributed by atoms with van der Waals surface area (Å²) in [4.78, 5) is 0. The van der Waals surface area contributed by atoms with Crippen LogP contribution in [0.15, 0.2) is 48.5 Å². The smallest absolute Gasteiger partial charge is 0.0835 e. The molecule has 86 valence electrons. The molecule has 1 aliphatic heterocycles. The highest BCUT2D eigenvalue weighted by Gasteiger charge is 2.15. The maximum atomic E-state index is 6.49. The van der Waals surface area contributed by atoms with E-state index < -0.39 is 0 Å². The lowest BCUT2D eigenvalue weighted by molar-refractivity contribution is 0.134. The zero-order chi connectivity index (χ0) is 11.7. The minimum atomic E-state index is -0.0814. The highest BCUT2D eigenvalue weighted by atomic mass is 35.5. The Labute approximate surface area is 106 Å². The fourth-order valence-corrected chi connectivity index (χ4v) is 2.45. The van der Waals surface area contributed by atoms with Crippen LogP contribution in [0.1, 0.15) is 27.6 Å². The van der Waals surface area contributed by atoms with Crippen molar-refractivity contribution in [2.45, 2.75) is 18.6 Å². The van der Waals surface area contributed by atoms with Gasteiger partial charge in [0, 0.05) is 0 Å². The first-order valence-electron chi connectivity index (χ1n) is 5.73. The van der Waals surface area contributed by atoms with Crippen molar-refractivity contribution in [3.8, 4) is 0 Å². The fourth-order valence-electron chi connectivity index (χ4n) is 2.16. The quantitative estimate of drug-likeness (QED) is 0.725. The van der Waals surface area contributed by atoms with Gasteiger partial charge in [-0.15, -0.1) is 11.6 Å². The summed E-state index contributed by atoms with van der Waals surface area (Å²) in [5.41, 5.74) is 4.82. The Kier molecular flexibility index (Phi) is 2.87. The molecular formula is C15H13ClO. The van der Waals surface area contributed by atoms with Gasteiger partial charge in [-0.25, -0.2) is 0 Å². The molecule has 1 atom stereocenters. The number of alkyl halides is 1. The summed E-state index contributed by atoms with van der Waals surface area (Å²) in [5.74, 6) is 0. The molecule has 2 aromatic carbocycles. The molecule has 2 heteroatoms. The zero-order valence-electron chi connectivity index (χ0n) is 9.40. The van der Waals surface area contributed by atoms with Gasteiger partial charge in [0.05, 0.1) is 18.6 Å². The Morgan fingerprint density at radius 1 is 0.882 bits per heavy atom. The van der Waals surface area contributed by atoms with Crippen LogP contribution in [0.5, 0.6) is 0 Å². The topological polar surface area (TPSA) is 9.23 Å². The summed E-state index contributed by atoms with van der Waals surface area (Å²) >= 11 is 6.49. The van der Waals surface area contributed by atoms with Crippen LogP contribution < -0.4 is 0 Å². The van der Waals surface area contributed by atoms with E-state index in [2.05, 4.69) is 30.3 Å². The molecule has 2 aromatic rings. The van der Waals surface area contributed by atoms with Gasteiger partial charge in [0.25, 0.3) is 0 Å². The van der Waals surface area contributed by atoms with Crippen molar-refractivity contribution in [2.75, 3.05) is 0 Å². The Morgan fingerprint density at radius 2 is 1.65 bits per heavy atom. The average molecular weight is 245 g/mol. The molecule has 0 saturated carbocycles. The van der Waals surface area contributed by atoms with Gasteiger partial charge in [-0.1, -0.05) is 48.5 Å². The van der Waals surface area contributed by atoms with Crippen LogP contribution in [0.2, 0.25) is 0 Å². The second kappa shape index (κ2) is 4.52. The van der Waals surface area contributed by atoms with Gasteiger partial charge in [-0.05, 0) is 22.3 Å². The van der Waals surface area contributed by atoms with E-state index in [1.54, 1.807) is 0 Å². The van der Waals surface area contributed by atoms with Gasteiger partial charge >= 0.3 is 0 Å². The molecule has 0 aromatic heterocycles. The molecule has 0 radical (unpaired) electrons. The second-order valence-electron chi connectivity index (χ2n) is 4.29. The molecule has 17 heavy (non-hydrogen) atoms. The summed E-state index contributed by atoms with van der Waals surface area (Å²) in [7, 11) is 0. The third-order valence-electron chi connectivity index (χ3n) is 3.13. The van der Waals surface area contributed by atoms with Crippen LogP contribution in [-0.4, -0.2) is 0 Å². The van der Waals surface area contributed by atoms with E-state index in [9.17, 15) is 0 Å². The molecule has 0 fully saturated rings. The summed E-state index contributed by atoms with van der Waals surface area (Å²) in [6.07, 6.45) is 0. The highest BCUT2D eigenvalue weighted by molar-refractivity contribution is 6.22. The largest absolute Gasteiger partial charge is 0.372 e. The van der Waals surface area contributed by atoms with Gasteiger partial charge in [-0.2, -0.15) is 0 Å². The summed E-state index contributed by atoms with van der Waals surface area (Å²) in [6.45, 7) is 1.44. The molecule has 0 saturated heterocycles. The average Bonchev–Trinajstić information content (AvgIpc) is 2.86. The zero-order valence-corrected chi connectivity index (χ0v) is 10.2. The molecule has 0 N–H and O–H groups in total. The van der Waals surface area contributed by atoms with E-state index >= 15 is 0 Å². The maximum absolute atomic E-state index is 6.49. The molecule has 0 aliphatic carbocycles. The van der Waals surface area contributed by atoms with Crippen molar-refractivity contribution in [3.63, 3.8) is 0 Å². The molecule has 0 spiro atoms. The van der Waals surface area contributed by atoms with Gasteiger partial charge in [0.15, 0.2) is 0 Å². The lowest BCUT2D eigenvalue weighted by Crippen LogP contribution is -1.94. The molecule has 1 aliphatic rings. The Bertz CT molecular complexity index is 522. The SMILES string of the molecule is ClC(c1ccccc1)c1ccc2c(c1)COC2. The van der Waals surface area contributed by atoms with Crippen molar-refractivity contribution in [1.29, 1.82) is 0 Å². The van der Waals surface area contributed by atoms with Crippen molar-refractivity contribution in [2.24, 2.45) is 0 Å². The summed E-state index contributed by atoms with van der Waals surface area (Å²) in [5, 5.41) is -0.0814. The Balaban J connectivity index is 1.94. The first-order chi connectivity index (χ1) is 8.34. The fraction of sp³-hybridized carbons (Fsp3) is 0.200. The van der Waals surface area contributed by atoms with E-state index in [4.69, 9.17) is 16.3 Å². The number of ether oxygens (including phenoxy) is 1. The second-order valence-corrected chi connectivity index (χ2v) is 4.73. The molecular weight excluding hydrogens is 232 g/mol. The molecule has 1 unspecified atom stereocenters. The van der Waals surface area contributed by atoms with Crippen LogP contribution in [0.4, 0.5) is 0 Å². The highest BCUT2D eigenvalue weighted by Crippen LogP contribution is 2.31. The number of hydrogen-bond acceptors (Lipinski definition) is 1. The third-order valence-corrected chi connectivity index (χ3v) is 3.63. The molecule has 0 amide bonds. The van der Waals surface area contributed by atoms with E-state index in [-0.39, 0.29) is 5.38 Å². The normalized spacial score (nSPS) is 15.6. The predicted molar refractivity (Wildman–Crippen MR) is 69.1 cm³/mol. The van der Waals surface area contributed by atoms with Crippen LogP contribution in [0.25, 0.3) is 0 Å². The Morgan fingerprint density at radius 3 is 2.47 bits per heavy atom. The van der Waals surface area contributed by atoms with Crippen LogP contribution >= 0.6 is 11.6 Å². The number of rotatable bonds is 2. The number of hydrogen-bond donors (Lipinski definition) is 0. The van der Waals surface area contributed by atoms with Gasteiger partial charge < -0.3 is 4.74 Å². The minimum absolute atomic E-state index is 0.0814. The molecule has 3 rings (SSSR count). The minimum Gasteiger partial charge on any atom is -0.372 e. The van der Waals surface area contributed by atoms with E-state index in [0.717, 1.165) is 17.7 Å². The first-order valence-corrected chi connectivity index (χ1v) is 6.17. The van der Waals surface area contributed by atoms with Crippen molar-refractivity contribution in [1.82, 2.24) is 0 Å². The Hall–Kier alpha value is -1.31. The first kappa shape index (κ1) is 10.8. The summed E-state index contributed by atoms with van der Waals surface area (Å²) in [6, 6.07) is 16.5. The third kappa shape index (κ3) is 2.08. The van der Waals surface area contributed by atoms with Crippen LogP contribution in [0.3, 0.4) is 0 Å². The van der Waals surface area contributed by atoms with E-state index in [1.165, 1.54) is 11.1 Å². The predicted octanol–water partition coefficient (Wildman–Crippen LogP) is 4.05. The lowest BCUT2D eigenvalue weighted by Gasteiger charge is -2.11. The number of fused-ring (bicyclic) bond motifs is 1. The number of benzene rings is 2. The monoisotopic (exact) mass is 244 g/mol. The van der Waals surface area contributed by atoms with Crippen molar-refractivity contribution < 1.29 is 4.74 Å². The summed E-state index contributed by atoms with van der Waals surface area (Å²) < 4.78 is 5.41. The van der Waals surface area contributed by atoms with Crippen molar-refractivity contribution >= 4 is 11.6 Å². The van der Waals surface area contributed by atoms with Gasteiger partial charge in [0.2, 0.25) is 0 Å².